The van der Waals surface area contributed by atoms with Gasteiger partial charge in [0.05, 0.1) is 5.71 Å². The van der Waals surface area contributed by atoms with Gasteiger partial charge in [0.25, 0.3) is 5.91 Å². The maximum atomic E-state index is 13.2. The average Bonchev–Trinajstić information content (AvgIpc) is 2.79. The van der Waals surface area contributed by atoms with E-state index in [1.807, 2.05) is 30.3 Å². The molecule has 2 aliphatic heterocycles. The van der Waals surface area contributed by atoms with E-state index in [1.54, 1.807) is 11.6 Å². The minimum atomic E-state index is -0.604. The first kappa shape index (κ1) is 22.0. The molecular weight excluding hydrogens is 413 g/mol. The number of piperidine rings is 1. The Bertz CT molecular complexity index is 1040. The molecule has 0 radical (unpaired) electrons. The van der Waals surface area contributed by atoms with Gasteiger partial charge in [-0.25, -0.2) is 9.87 Å². The Morgan fingerprint density at radius 2 is 2.16 bits per heavy atom. The van der Waals surface area contributed by atoms with Gasteiger partial charge in [0.2, 0.25) is 0 Å². The monoisotopic (exact) mass is 439 g/mol. The summed E-state index contributed by atoms with van der Waals surface area (Å²) in [6, 6.07) is 12.2. The van der Waals surface area contributed by atoms with Crippen LogP contribution in [0.4, 0.5) is 4.39 Å². The highest BCUT2D eigenvalue weighted by Crippen LogP contribution is 2.39. The van der Waals surface area contributed by atoms with Crippen LogP contribution in [0.1, 0.15) is 36.0 Å². The summed E-state index contributed by atoms with van der Waals surface area (Å²) in [6.45, 7) is 2.40. The van der Waals surface area contributed by atoms with Crippen LogP contribution in [0.3, 0.4) is 0 Å². The predicted octanol–water partition coefficient (Wildman–Crippen LogP) is 3.51. The van der Waals surface area contributed by atoms with E-state index in [4.69, 9.17) is 14.8 Å². The van der Waals surface area contributed by atoms with E-state index in [2.05, 4.69) is 10.1 Å². The zero-order valence-electron chi connectivity index (χ0n) is 17.9. The van der Waals surface area contributed by atoms with E-state index in [-0.39, 0.29) is 5.82 Å². The fraction of sp³-hybridized carbons (Fsp3) is 0.333. The lowest BCUT2D eigenvalue weighted by molar-refractivity contribution is -0.124. The molecule has 0 bridgehead atoms. The number of fused-ring (bicyclic) bond motifs is 1. The molecule has 1 saturated heterocycles. The van der Waals surface area contributed by atoms with E-state index in [9.17, 15) is 9.18 Å². The number of nitrogens with one attached hydrogen (secondary N) is 1. The second-order valence-corrected chi connectivity index (χ2v) is 8.19. The zero-order valence-corrected chi connectivity index (χ0v) is 17.9. The number of likely N-dealkylation sites (tertiary alicyclic amines) is 1. The molecule has 32 heavy (non-hydrogen) atoms. The van der Waals surface area contributed by atoms with Crippen molar-refractivity contribution in [1.82, 2.24) is 10.4 Å². The summed E-state index contributed by atoms with van der Waals surface area (Å²) in [5, 5.41) is 12.9. The smallest absolute Gasteiger partial charge is 0.267 e. The summed E-state index contributed by atoms with van der Waals surface area (Å²) in [5.41, 5.74) is 4.60. The van der Waals surface area contributed by atoms with Crippen molar-refractivity contribution in [2.24, 2.45) is 5.16 Å². The molecule has 2 heterocycles. The van der Waals surface area contributed by atoms with Crippen LogP contribution < -0.4 is 10.2 Å². The normalized spacial score (nSPS) is 22.0. The van der Waals surface area contributed by atoms with Crippen molar-refractivity contribution in [2.75, 3.05) is 20.2 Å². The Morgan fingerprint density at radius 3 is 2.91 bits per heavy atom. The summed E-state index contributed by atoms with van der Waals surface area (Å²) >= 11 is 0. The van der Waals surface area contributed by atoms with Gasteiger partial charge in [0.15, 0.2) is 0 Å². The third kappa shape index (κ3) is 4.98. The van der Waals surface area contributed by atoms with Gasteiger partial charge in [-0.2, -0.15) is 0 Å². The minimum Gasteiger partial charge on any atom is -0.485 e. The van der Waals surface area contributed by atoms with Crippen molar-refractivity contribution in [3.8, 4) is 5.75 Å². The van der Waals surface area contributed by atoms with E-state index < -0.39 is 11.5 Å². The van der Waals surface area contributed by atoms with Crippen LogP contribution in [0.25, 0.3) is 6.08 Å². The summed E-state index contributed by atoms with van der Waals surface area (Å²) in [4.78, 5) is 18.7. The van der Waals surface area contributed by atoms with E-state index in [1.165, 1.54) is 25.3 Å². The van der Waals surface area contributed by atoms with Crippen LogP contribution in [-0.4, -0.2) is 47.5 Å². The quantitative estimate of drug-likeness (QED) is 0.423. The number of carbonyl (C=O) groups is 1. The second kappa shape index (κ2) is 9.50. The van der Waals surface area contributed by atoms with Crippen molar-refractivity contribution in [1.29, 1.82) is 0 Å². The molecule has 2 N–H and O–H groups in total. The van der Waals surface area contributed by atoms with Gasteiger partial charge in [-0.05, 0) is 60.9 Å². The number of nitrogens with zero attached hydrogens (tertiary/aromatic N) is 2. The number of benzene rings is 2. The molecule has 4 rings (SSSR count). The highest BCUT2D eigenvalue weighted by molar-refractivity contribution is 6.04. The van der Waals surface area contributed by atoms with Gasteiger partial charge in [-0.15, -0.1) is 0 Å². The molecule has 1 unspecified atom stereocenters. The van der Waals surface area contributed by atoms with Crippen LogP contribution in [0.2, 0.25) is 0 Å². The first-order valence-electron chi connectivity index (χ1n) is 10.5. The van der Waals surface area contributed by atoms with Crippen LogP contribution >= 0.6 is 0 Å². The fourth-order valence-corrected chi connectivity index (χ4v) is 4.44. The first-order chi connectivity index (χ1) is 15.5. The first-order valence-corrected chi connectivity index (χ1v) is 10.5. The van der Waals surface area contributed by atoms with Crippen LogP contribution in [0, 0.1) is 5.82 Å². The van der Waals surface area contributed by atoms with Crippen molar-refractivity contribution in [3.63, 3.8) is 0 Å². The number of carbonyl (C=O) groups excluding carboxylic acids is 1. The summed E-state index contributed by atoms with van der Waals surface area (Å²) < 4.78 is 19.8. The Kier molecular flexibility index (Phi) is 6.53. The molecule has 1 fully saturated rings. The molecule has 1 atom stereocenters. The van der Waals surface area contributed by atoms with Crippen molar-refractivity contribution in [2.45, 2.75) is 31.4 Å². The standard InChI is InChI=1S/C24H26FN3O4/c1-31-27-21-14-24(11-2-12-28(16-24)15-18-3-7-19(25)8-4-18)32-22-9-5-17(13-20(21)22)6-10-23(29)26-30/h3-10,13,30H,2,11-12,14-16H2,1H3,(H,26,29)/b10-6+,27-21?. The number of rotatable bonds is 5. The molecule has 0 aromatic heterocycles. The maximum absolute atomic E-state index is 13.2. The molecule has 2 aliphatic rings. The SMILES string of the molecule is CON=C1CC2(CCCN(Cc3ccc(F)cc3)C2)Oc2ccc(/C=C/C(=O)NO)cc21. The van der Waals surface area contributed by atoms with Crippen LogP contribution in [0.15, 0.2) is 53.7 Å². The van der Waals surface area contributed by atoms with Crippen molar-refractivity contribution >= 4 is 17.7 Å². The van der Waals surface area contributed by atoms with E-state index >= 15 is 0 Å². The van der Waals surface area contributed by atoms with Crippen molar-refractivity contribution in [3.05, 3.63) is 71.0 Å². The molecular formula is C24H26FN3O4. The molecule has 1 amide bonds. The van der Waals surface area contributed by atoms with Crippen LogP contribution in [-0.2, 0) is 16.2 Å². The molecule has 8 heteroatoms. The Balaban J connectivity index is 1.56. The highest BCUT2D eigenvalue weighted by atomic mass is 19.1. The van der Waals surface area contributed by atoms with Gasteiger partial charge in [-0.3, -0.25) is 14.9 Å². The summed E-state index contributed by atoms with van der Waals surface area (Å²) in [6.07, 6.45) is 5.32. The third-order valence-corrected chi connectivity index (χ3v) is 5.81. The van der Waals surface area contributed by atoms with Gasteiger partial charge in [0, 0.05) is 31.1 Å². The average molecular weight is 439 g/mol. The topological polar surface area (TPSA) is 83.4 Å². The van der Waals surface area contributed by atoms with Gasteiger partial charge in [-0.1, -0.05) is 23.4 Å². The van der Waals surface area contributed by atoms with Gasteiger partial charge >= 0.3 is 0 Å². The molecule has 1 spiro atoms. The zero-order chi connectivity index (χ0) is 22.6. The lowest BCUT2D eigenvalue weighted by atomic mass is 9.82. The molecule has 2 aromatic rings. The number of halogens is 1. The molecule has 2 aromatic carbocycles. The largest absolute Gasteiger partial charge is 0.485 e. The van der Waals surface area contributed by atoms with E-state index in [0.29, 0.717) is 6.42 Å². The van der Waals surface area contributed by atoms with E-state index in [0.717, 1.165) is 60.6 Å². The Labute approximate surface area is 186 Å². The lowest BCUT2D eigenvalue weighted by Crippen LogP contribution is -2.54. The number of amides is 1. The minimum absolute atomic E-state index is 0.234. The predicted molar refractivity (Wildman–Crippen MR) is 118 cm³/mol. The molecule has 0 saturated carbocycles. The molecule has 0 aliphatic carbocycles. The Morgan fingerprint density at radius 1 is 1.34 bits per heavy atom. The maximum Gasteiger partial charge on any atom is 0.267 e. The number of ether oxygens (including phenoxy) is 1. The van der Waals surface area contributed by atoms with Crippen molar-refractivity contribution < 1.29 is 24.0 Å². The highest BCUT2D eigenvalue weighted by Gasteiger charge is 2.43. The fourth-order valence-electron chi connectivity index (χ4n) is 4.44. The number of hydrogen-bond acceptors (Lipinski definition) is 6. The van der Waals surface area contributed by atoms with Crippen LogP contribution in [0.5, 0.6) is 5.75 Å². The van der Waals surface area contributed by atoms with Gasteiger partial charge in [0.1, 0.15) is 24.3 Å². The Hall–Kier alpha value is -3.23. The summed E-state index contributed by atoms with van der Waals surface area (Å²) in [5.74, 6) is -0.116. The van der Waals surface area contributed by atoms with Gasteiger partial charge < -0.3 is 9.57 Å². The molecule has 7 nitrogen and oxygen atoms in total. The molecule has 168 valence electrons. The third-order valence-electron chi connectivity index (χ3n) is 5.81. The summed E-state index contributed by atoms with van der Waals surface area (Å²) in [7, 11) is 1.52. The lowest BCUT2D eigenvalue weighted by Gasteiger charge is -2.45. The number of oxime groups is 1. The second-order valence-electron chi connectivity index (χ2n) is 8.19. The number of hydrogen-bond donors (Lipinski definition) is 2. The number of hydroxylamine groups is 1.